The first-order chi connectivity index (χ1) is 11.4. The van der Waals surface area contributed by atoms with Crippen LogP contribution in [0, 0.1) is 0 Å². The second-order valence-electron chi connectivity index (χ2n) is 5.50. The summed E-state index contributed by atoms with van der Waals surface area (Å²) in [5, 5.41) is 4.93. The maximum absolute atomic E-state index is 12.1. The number of carbonyl (C=O) groups is 1. The molecule has 1 unspecified atom stereocenters. The molecule has 1 atom stereocenters. The fourth-order valence-electron chi connectivity index (χ4n) is 2.28. The zero-order valence-corrected chi connectivity index (χ0v) is 14.4. The van der Waals surface area contributed by atoms with E-state index in [1.54, 1.807) is 23.5 Å². The van der Waals surface area contributed by atoms with Gasteiger partial charge in [-0.2, -0.15) is 8.78 Å². The highest BCUT2D eigenvalue weighted by molar-refractivity contribution is 7.10. The molecule has 1 N–H and O–H groups in total. The normalized spacial score (nSPS) is 12.4. The first-order valence-corrected chi connectivity index (χ1v) is 8.37. The molecule has 24 heavy (non-hydrogen) atoms. The topological polar surface area (TPSA) is 41.6 Å². The first kappa shape index (κ1) is 18.4. The number of hydrogen-bond acceptors (Lipinski definition) is 4. The molecular formula is C17H20F2N2O2S. The Morgan fingerprint density at radius 1 is 1.29 bits per heavy atom. The molecule has 0 aliphatic carbocycles. The summed E-state index contributed by atoms with van der Waals surface area (Å²) in [5.74, 6) is 0.0648. The third kappa shape index (κ3) is 5.90. The van der Waals surface area contributed by atoms with E-state index in [-0.39, 0.29) is 24.2 Å². The highest BCUT2D eigenvalue weighted by atomic mass is 32.1. The van der Waals surface area contributed by atoms with Gasteiger partial charge in [-0.05, 0) is 43.1 Å². The molecule has 2 rings (SSSR count). The number of nitrogens with one attached hydrogen (secondary N) is 1. The number of amides is 1. The minimum atomic E-state index is -2.83. The summed E-state index contributed by atoms with van der Waals surface area (Å²) in [4.78, 5) is 15.0. The van der Waals surface area contributed by atoms with Gasteiger partial charge in [0.05, 0.1) is 12.6 Å². The number of nitrogens with zero attached hydrogens (tertiary/aromatic N) is 1. The lowest BCUT2D eigenvalue weighted by Crippen LogP contribution is -2.36. The van der Waals surface area contributed by atoms with Gasteiger partial charge in [-0.3, -0.25) is 9.69 Å². The number of likely N-dealkylation sites (N-methyl/N-ethyl adjacent to an activating group) is 1. The third-order valence-electron chi connectivity index (χ3n) is 3.36. The minimum absolute atomic E-state index is 0.0170. The Labute approximate surface area is 144 Å². The van der Waals surface area contributed by atoms with Crippen molar-refractivity contribution in [2.24, 2.45) is 0 Å². The summed E-state index contributed by atoms with van der Waals surface area (Å²) >= 11 is 1.61. The second kappa shape index (κ2) is 8.75. The number of carbonyl (C=O) groups excluding carboxylic acids is 1. The Hall–Kier alpha value is -1.99. The third-order valence-corrected chi connectivity index (χ3v) is 4.42. The lowest BCUT2D eigenvalue weighted by Gasteiger charge is -2.18. The van der Waals surface area contributed by atoms with Crippen molar-refractivity contribution in [3.05, 3.63) is 52.2 Å². The average Bonchev–Trinajstić information content (AvgIpc) is 3.02. The maximum atomic E-state index is 12.1. The first-order valence-electron chi connectivity index (χ1n) is 7.49. The molecular weight excluding hydrogens is 334 g/mol. The van der Waals surface area contributed by atoms with Crippen LogP contribution in [0.4, 0.5) is 8.78 Å². The van der Waals surface area contributed by atoms with Gasteiger partial charge in [0.15, 0.2) is 0 Å². The van der Waals surface area contributed by atoms with Crippen LogP contribution in [0.25, 0.3) is 0 Å². The fourth-order valence-corrected chi connectivity index (χ4v) is 3.02. The van der Waals surface area contributed by atoms with Gasteiger partial charge in [-0.15, -0.1) is 11.3 Å². The molecule has 1 aromatic carbocycles. The van der Waals surface area contributed by atoms with Gasteiger partial charge >= 0.3 is 6.61 Å². The van der Waals surface area contributed by atoms with Crippen molar-refractivity contribution in [2.75, 3.05) is 13.6 Å². The maximum Gasteiger partial charge on any atom is 0.387 e. The monoisotopic (exact) mass is 354 g/mol. The number of thiophene rings is 1. The molecule has 0 fully saturated rings. The molecule has 0 aliphatic rings. The Morgan fingerprint density at radius 2 is 2.00 bits per heavy atom. The molecule has 0 saturated heterocycles. The minimum Gasteiger partial charge on any atom is -0.435 e. The van der Waals surface area contributed by atoms with E-state index < -0.39 is 6.61 Å². The Kier molecular flexibility index (Phi) is 6.69. The highest BCUT2D eigenvalue weighted by Crippen LogP contribution is 2.18. The molecule has 0 spiro atoms. The van der Waals surface area contributed by atoms with Crippen molar-refractivity contribution in [1.82, 2.24) is 10.2 Å². The summed E-state index contributed by atoms with van der Waals surface area (Å²) in [6, 6.07) is 10.3. The van der Waals surface area contributed by atoms with Crippen LogP contribution in [0.3, 0.4) is 0 Å². The molecule has 0 bridgehead atoms. The zero-order valence-electron chi connectivity index (χ0n) is 13.5. The molecule has 7 heteroatoms. The average molecular weight is 354 g/mol. The molecule has 0 radical (unpaired) electrons. The Morgan fingerprint density at radius 3 is 2.58 bits per heavy atom. The standard InChI is InChI=1S/C17H20F2N2O2S/c1-12(15-4-3-9-24-15)20-16(22)11-21(2)10-13-5-7-14(8-6-13)23-17(18)19/h3-9,12,17H,10-11H2,1-2H3,(H,20,22). The predicted molar refractivity (Wildman–Crippen MR) is 90.3 cm³/mol. The summed E-state index contributed by atoms with van der Waals surface area (Å²) in [6.07, 6.45) is 0. The molecule has 0 aliphatic heterocycles. The molecule has 130 valence electrons. The molecule has 0 saturated carbocycles. The van der Waals surface area contributed by atoms with Gasteiger partial charge in [0, 0.05) is 11.4 Å². The van der Waals surface area contributed by atoms with E-state index in [9.17, 15) is 13.6 Å². The van der Waals surface area contributed by atoms with Crippen LogP contribution in [-0.2, 0) is 11.3 Å². The van der Waals surface area contributed by atoms with E-state index in [1.807, 2.05) is 36.4 Å². The van der Waals surface area contributed by atoms with E-state index in [1.165, 1.54) is 12.1 Å². The predicted octanol–water partition coefficient (Wildman–Crippen LogP) is 3.66. The van der Waals surface area contributed by atoms with Crippen molar-refractivity contribution in [3.8, 4) is 5.75 Å². The van der Waals surface area contributed by atoms with E-state index in [4.69, 9.17) is 0 Å². The largest absolute Gasteiger partial charge is 0.435 e. The van der Waals surface area contributed by atoms with Crippen LogP contribution < -0.4 is 10.1 Å². The summed E-state index contributed by atoms with van der Waals surface area (Å²) in [7, 11) is 1.83. The number of halogens is 2. The lowest BCUT2D eigenvalue weighted by atomic mass is 10.2. The van der Waals surface area contributed by atoms with Gasteiger partial charge in [0.2, 0.25) is 5.91 Å². The highest BCUT2D eigenvalue weighted by Gasteiger charge is 2.12. The van der Waals surface area contributed by atoms with Crippen LogP contribution in [-0.4, -0.2) is 31.0 Å². The van der Waals surface area contributed by atoms with Crippen molar-refractivity contribution < 1.29 is 18.3 Å². The molecule has 4 nitrogen and oxygen atoms in total. The van der Waals surface area contributed by atoms with Crippen LogP contribution >= 0.6 is 11.3 Å². The molecule has 2 aromatic rings. The van der Waals surface area contributed by atoms with Gasteiger partial charge in [0.1, 0.15) is 5.75 Å². The van der Waals surface area contributed by atoms with E-state index in [2.05, 4.69) is 10.1 Å². The smallest absolute Gasteiger partial charge is 0.387 e. The van der Waals surface area contributed by atoms with Gasteiger partial charge in [-0.25, -0.2) is 0 Å². The summed E-state index contributed by atoms with van der Waals surface area (Å²) in [6.45, 7) is -0.0840. The molecule has 1 aromatic heterocycles. The Bertz CT molecular complexity index is 633. The van der Waals surface area contributed by atoms with Crippen molar-refractivity contribution in [2.45, 2.75) is 26.1 Å². The van der Waals surface area contributed by atoms with E-state index in [0.717, 1.165) is 10.4 Å². The lowest BCUT2D eigenvalue weighted by molar-refractivity contribution is -0.122. The van der Waals surface area contributed by atoms with Gasteiger partial charge in [0.25, 0.3) is 0 Å². The SMILES string of the molecule is CC(NC(=O)CN(C)Cc1ccc(OC(F)F)cc1)c1cccs1. The van der Waals surface area contributed by atoms with E-state index in [0.29, 0.717) is 6.54 Å². The fraction of sp³-hybridized carbons (Fsp3) is 0.353. The number of rotatable bonds is 8. The van der Waals surface area contributed by atoms with Gasteiger partial charge < -0.3 is 10.1 Å². The van der Waals surface area contributed by atoms with Gasteiger partial charge in [-0.1, -0.05) is 18.2 Å². The number of hydrogen-bond donors (Lipinski definition) is 1. The zero-order chi connectivity index (χ0) is 17.5. The Balaban J connectivity index is 1.79. The van der Waals surface area contributed by atoms with Crippen LogP contribution in [0.15, 0.2) is 41.8 Å². The van der Waals surface area contributed by atoms with Crippen molar-refractivity contribution >= 4 is 17.2 Å². The molecule has 1 amide bonds. The molecule has 1 heterocycles. The summed E-state index contributed by atoms with van der Waals surface area (Å²) < 4.78 is 28.5. The van der Waals surface area contributed by atoms with Crippen molar-refractivity contribution in [1.29, 1.82) is 0 Å². The summed E-state index contributed by atoms with van der Waals surface area (Å²) in [5.41, 5.74) is 0.915. The number of benzene rings is 1. The van der Waals surface area contributed by atoms with E-state index >= 15 is 0 Å². The van der Waals surface area contributed by atoms with Crippen LogP contribution in [0.2, 0.25) is 0 Å². The van der Waals surface area contributed by atoms with Crippen LogP contribution in [0.1, 0.15) is 23.4 Å². The quantitative estimate of drug-likeness (QED) is 0.787. The number of ether oxygens (including phenoxy) is 1. The van der Waals surface area contributed by atoms with Crippen LogP contribution in [0.5, 0.6) is 5.75 Å². The second-order valence-corrected chi connectivity index (χ2v) is 6.48. The number of alkyl halides is 2. The van der Waals surface area contributed by atoms with Crippen molar-refractivity contribution in [3.63, 3.8) is 0 Å².